The number of hydrogen-bond acceptors (Lipinski definition) is 4. The summed E-state index contributed by atoms with van der Waals surface area (Å²) in [6.07, 6.45) is 2.82. The highest BCUT2D eigenvalue weighted by atomic mass is 32.2. The number of methoxy groups -OCH3 is 1. The Bertz CT molecular complexity index is 953. The second-order valence-electron chi connectivity index (χ2n) is 7.29. The Morgan fingerprint density at radius 3 is 2.26 bits per heavy atom. The minimum atomic E-state index is -3.78. The number of rotatable bonds is 5. The summed E-state index contributed by atoms with van der Waals surface area (Å²) < 4.78 is 33.2. The highest BCUT2D eigenvalue weighted by Crippen LogP contribution is 2.34. The molecular formula is C21H25NO4S. The number of sulfonamides is 1. The summed E-state index contributed by atoms with van der Waals surface area (Å²) in [6, 6.07) is 12.1. The van der Waals surface area contributed by atoms with Gasteiger partial charge in [0.05, 0.1) is 17.7 Å². The lowest BCUT2D eigenvalue weighted by Crippen LogP contribution is -2.20. The lowest BCUT2D eigenvalue weighted by molar-refractivity contribution is -0.134. The van der Waals surface area contributed by atoms with Crippen LogP contribution in [0.3, 0.4) is 0 Å². The van der Waals surface area contributed by atoms with Crippen LogP contribution in [0, 0.1) is 6.92 Å². The van der Waals surface area contributed by atoms with Gasteiger partial charge < -0.3 is 4.74 Å². The van der Waals surface area contributed by atoms with Crippen LogP contribution in [0.2, 0.25) is 0 Å². The first-order valence-corrected chi connectivity index (χ1v) is 10.0. The fourth-order valence-corrected chi connectivity index (χ4v) is 3.69. The SMILES string of the molecule is COC(=O)/C=C/c1cccc(C(C)(C)C)c1NS(=O)(=O)c1ccc(C)cc1. The van der Waals surface area contributed by atoms with Gasteiger partial charge in [-0.25, -0.2) is 13.2 Å². The van der Waals surface area contributed by atoms with Crippen LogP contribution in [-0.4, -0.2) is 21.5 Å². The topological polar surface area (TPSA) is 72.5 Å². The van der Waals surface area contributed by atoms with E-state index < -0.39 is 16.0 Å². The smallest absolute Gasteiger partial charge is 0.330 e. The molecule has 2 aromatic carbocycles. The molecule has 6 heteroatoms. The lowest BCUT2D eigenvalue weighted by Gasteiger charge is -2.25. The predicted molar refractivity (Wildman–Crippen MR) is 108 cm³/mol. The summed E-state index contributed by atoms with van der Waals surface area (Å²) in [5, 5.41) is 0. The minimum absolute atomic E-state index is 0.180. The first-order chi connectivity index (χ1) is 12.5. The van der Waals surface area contributed by atoms with Crippen molar-refractivity contribution in [3.8, 4) is 0 Å². The van der Waals surface area contributed by atoms with E-state index >= 15 is 0 Å². The molecule has 1 N–H and O–H groups in total. The molecule has 0 unspecified atom stereocenters. The number of benzene rings is 2. The fourth-order valence-electron chi connectivity index (χ4n) is 2.58. The molecule has 5 nitrogen and oxygen atoms in total. The highest BCUT2D eigenvalue weighted by molar-refractivity contribution is 7.92. The maximum atomic E-state index is 12.9. The van der Waals surface area contributed by atoms with Crippen LogP contribution in [-0.2, 0) is 25.0 Å². The second-order valence-corrected chi connectivity index (χ2v) is 8.98. The average molecular weight is 388 g/mol. The van der Waals surface area contributed by atoms with E-state index in [-0.39, 0.29) is 10.3 Å². The number of anilines is 1. The first kappa shape index (κ1) is 20.7. The van der Waals surface area contributed by atoms with E-state index in [1.54, 1.807) is 36.4 Å². The third-order valence-corrected chi connectivity index (χ3v) is 5.44. The van der Waals surface area contributed by atoms with Crippen molar-refractivity contribution in [2.45, 2.75) is 38.0 Å². The van der Waals surface area contributed by atoms with E-state index in [9.17, 15) is 13.2 Å². The number of esters is 1. The van der Waals surface area contributed by atoms with Crippen LogP contribution < -0.4 is 4.72 Å². The van der Waals surface area contributed by atoms with Crippen LogP contribution in [0.4, 0.5) is 5.69 Å². The molecule has 0 heterocycles. The zero-order valence-electron chi connectivity index (χ0n) is 16.2. The Hall–Kier alpha value is -2.60. The van der Waals surface area contributed by atoms with Crippen LogP contribution in [0.5, 0.6) is 0 Å². The van der Waals surface area contributed by atoms with E-state index in [1.807, 2.05) is 39.8 Å². The van der Waals surface area contributed by atoms with Crippen molar-refractivity contribution in [1.29, 1.82) is 0 Å². The van der Waals surface area contributed by atoms with Gasteiger partial charge >= 0.3 is 5.97 Å². The van der Waals surface area contributed by atoms with Crippen LogP contribution >= 0.6 is 0 Å². The summed E-state index contributed by atoms with van der Waals surface area (Å²) >= 11 is 0. The molecule has 0 radical (unpaired) electrons. The normalized spacial score (nSPS) is 12.2. The van der Waals surface area contributed by atoms with E-state index in [2.05, 4.69) is 9.46 Å². The molecule has 2 rings (SSSR count). The van der Waals surface area contributed by atoms with E-state index in [0.717, 1.165) is 11.1 Å². The Morgan fingerprint density at radius 1 is 1.07 bits per heavy atom. The number of hydrogen-bond donors (Lipinski definition) is 1. The Morgan fingerprint density at radius 2 is 1.70 bits per heavy atom. The summed E-state index contributed by atoms with van der Waals surface area (Å²) in [5.74, 6) is -0.511. The molecule has 0 aliphatic heterocycles. The van der Waals surface area contributed by atoms with E-state index in [0.29, 0.717) is 11.3 Å². The van der Waals surface area contributed by atoms with Crippen molar-refractivity contribution in [2.24, 2.45) is 0 Å². The maximum Gasteiger partial charge on any atom is 0.330 e. The van der Waals surface area contributed by atoms with E-state index in [4.69, 9.17) is 0 Å². The highest BCUT2D eigenvalue weighted by Gasteiger charge is 2.23. The fraction of sp³-hybridized carbons (Fsp3) is 0.286. The number of para-hydroxylation sites is 1. The molecule has 0 saturated heterocycles. The van der Waals surface area contributed by atoms with Gasteiger partial charge in [-0.3, -0.25) is 4.72 Å². The van der Waals surface area contributed by atoms with Gasteiger partial charge in [-0.2, -0.15) is 0 Å². The number of carbonyl (C=O) groups is 1. The van der Waals surface area contributed by atoms with Gasteiger partial charge in [0.25, 0.3) is 10.0 Å². The molecule has 2 aromatic rings. The number of nitrogens with one attached hydrogen (secondary N) is 1. The minimum Gasteiger partial charge on any atom is -0.466 e. The van der Waals surface area contributed by atoms with Crippen molar-refractivity contribution < 1.29 is 17.9 Å². The van der Waals surface area contributed by atoms with Gasteiger partial charge in [-0.15, -0.1) is 0 Å². The van der Waals surface area contributed by atoms with Crippen LogP contribution in [0.1, 0.15) is 37.5 Å². The molecule has 27 heavy (non-hydrogen) atoms. The van der Waals surface area contributed by atoms with Crippen molar-refractivity contribution in [3.63, 3.8) is 0 Å². The predicted octanol–water partition coefficient (Wildman–Crippen LogP) is 4.28. The molecule has 0 amide bonds. The first-order valence-electron chi connectivity index (χ1n) is 8.53. The quantitative estimate of drug-likeness (QED) is 0.614. The average Bonchev–Trinajstić information content (AvgIpc) is 2.59. The lowest BCUT2D eigenvalue weighted by atomic mass is 9.84. The zero-order chi connectivity index (χ0) is 20.2. The van der Waals surface area contributed by atoms with Gasteiger partial charge in [-0.1, -0.05) is 56.7 Å². The van der Waals surface area contributed by atoms with Crippen LogP contribution in [0.25, 0.3) is 6.08 Å². The van der Waals surface area contributed by atoms with Crippen molar-refractivity contribution in [2.75, 3.05) is 11.8 Å². The third-order valence-electron chi connectivity index (χ3n) is 4.07. The van der Waals surface area contributed by atoms with Gasteiger partial charge in [-0.05, 0) is 41.7 Å². The van der Waals surface area contributed by atoms with Gasteiger partial charge in [0.1, 0.15) is 0 Å². The zero-order valence-corrected chi connectivity index (χ0v) is 17.1. The Balaban J connectivity index is 2.57. The number of carbonyl (C=O) groups excluding carboxylic acids is 1. The molecule has 0 fully saturated rings. The maximum absolute atomic E-state index is 12.9. The van der Waals surface area contributed by atoms with Gasteiger partial charge in [0, 0.05) is 6.08 Å². The third kappa shape index (κ3) is 5.20. The summed E-state index contributed by atoms with van der Waals surface area (Å²) in [7, 11) is -2.49. The molecule has 144 valence electrons. The number of aryl methyl sites for hydroxylation is 1. The Kier molecular flexibility index (Phi) is 6.11. The van der Waals surface area contributed by atoms with Crippen LogP contribution in [0.15, 0.2) is 53.4 Å². The van der Waals surface area contributed by atoms with Crippen molar-refractivity contribution in [1.82, 2.24) is 0 Å². The molecule has 0 atom stereocenters. The summed E-state index contributed by atoms with van der Waals surface area (Å²) in [5.41, 5.74) is 2.53. The van der Waals surface area contributed by atoms with Crippen molar-refractivity contribution >= 4 is 27.8 Å². The van der Waals surface area contributed by atoms with E-state index in [1.165, 1.54) is 13.2 Å². The molecule has 0 aliphatic rings. The van der Waals surface area contributed by atoms with Crippen molar-refractivity contribution in [3.05, 3.63) is 65.2 Å². The Labute approximate surface area is 161 Å². The van der Waals surface area contributed by atoms with Gasteiger partial charge in [0.2, 0.25) is 0 Å². The molecule has 0 spiro atoms. The molecule has 0 aliphatic carbocycles. The monoisotopic (exact) mass is 387 g/mol. The largest absolute Gasteiger partial charge is 0.466 e. The molecule has 0 saturated carbocycles. The number of ether oxygens (including phenoxy) is 1. The second kappa shape index (κ2) is 7.96. The standard InChI is InChI=1S/C21H25NO4S/c1-15-9-12-17(13-10-15)27(24,25)22-20-16(11-14-19(23)26-5)7-6-8-18(20)21(2,3)4/h6-14,22H,1-5H3/b14-11+. The molecule has 0 bridgehead atoms. The van der Waals surface area contributed by atoms with Gasteiger partial charge in [0.15, 0.2) is 0 Å². The molecular weight excluding hydrogens is 362 g/mol. The summed E-state index contributed by atoms with van der Waals surface area (Å²) in [4.78, 5) is 11.6. The molecule has 0 aromatic heterocycles. The summed E-state index contributed by atoms with van der Waals surface area (Å²) in [6.45, 7) is 7.90.